The Morgan fingerprint density at radius 2 is 0.621 bits per heavy atom. The number of ether oxygens (including phenoxy) is 3. The Hall–Kier alpha value is -3.93. The second-order valence-electron chi connectivity index (χ2n) is 17.4. The van der Waals surface area contributed by atoms with E-state index < -0.39 is 6.10 Å². The van der Waals surface area contributed by atoms with E-state index in [4.69, 9.17) is 14.2 Å². The first-order valence-electron chi connectivity index (χ1n) is 26.9. The third kappa shape index (κ3) is 51.1. The van der Waals surface area contributed by atoms with E-state index in [0.717, 1.165) is 116 Å². The molecule has 0 aliphatic carbocycles. The van der Waals surface area contributed by atoms with Crippen LogP contribution in [0.2, 0.25) is 0 Å². The molecule has 0 aromatic heterocycles. The van der Waals surface area contributed by atoms with Crippen LogP contribution in [-0.4, -0.2) is 37.2 Å². The van der Waals surface area contributed by atoms with Gasteiger partial charge in [-0.25, -0.2) is 0 Å². The molecular formula is C60H98O6. The van der Waals surface area contributed by atoms with Gasteiger partial charge in [-0.05, 0) is 116 Å². The lowest BCUT2D eigenvalue weighted by molar-refractivity contribution is -0.166. The van der Waals surface area contributed by atoms with Crippen LogP contribution in [0.1, 0.15) is 233 Å². The number of esters is 3. The molecule has 0 spiro atoms. The minimum Gasteiger partial charge on any atom is -0.462 e. The van der Waals surface area contributed by atoms with Crippen molar-refractivity contribution in [1.82, 2.24) is 0 Å². The molecule has 6 nitrogen and oxygen atoms in total. The van der Waals surface area contributed by atoms with Gasteiger partial charge in [0.05, 0.1) is 0 Å². The number of rotatable bonds is 47. The molecule has 1 unspecified atom stereocenters. The summed E-state index contributed by atoms with van der Waals surface area (Å²) < 4.78 is 16.7. The van der Waals surface area contributed by atoms with E-state index in [1.165, 1.54) is 70.6 Å². The zero-order valence-electron chi connectivity index (χ0n) is 42.7. The first-order chi connectivity index (χ1) is 32.5. The van der Waals surface area contributed by atoms with Gasteiger partial charge in [-0.1, -0.05) is 207 Å². The molecule has 0 aromatic rings. The van der Waals surface area contributed by atoms with Crippen molar-refractivity contribution in [2.24, 2.45) is 0 Å². The van der Waals surface area contributed by atoms with Crippen LogP contribution in [0, 0.1) is 0 Å². The molecule has 0 saturated carbocycles. The van der Waals surface area contributed by atoms with Crippen molar-refractivity contribution in [2.75, 3.05) is 13.2 Å². The molecule has 1 atom stereocenters. The van der Waals surface area contributed by atoms with Gasteiger partial charge in [-0.3, -0.25) is 14.4 Å². The molecule has 6 heteroatoms. The fourth-order valence-corrected chi connectivity index (χ4v) is 6.96. The Morgan fingerprint density at radius 3 is 1.05 bits per heavy atom. The van der Waals surface area contributed by atoms with E-state index in [9.17, 15) is 14.4 Å². The monoisotopic (exact) mass is 915 g/mol. The van der Waals surface area contributed by atoms with Crippen molar-refractivity contribution in [3.63, 3.8) is 0 Å². The van der Waals surface area contributed by atoms with E-state index in [2.05, 4.69) is 118 Å². The van der Waals surface area contributed by atoms with Gasteiger partial charge in [-0.15, -0.1) is 0 Å². The molecule has 0 aliphatic heterocycles. The highest BCUT2D eigenvalue weighted by Gasteiger charge is 2.19. The summed E-state index contributed by atoms with van der Waals surface area (Å²) in [6.07, 6.45) is 72.3. The van der Waals surface area contributed by atoms with E-state index >= 15 is 0 Å². The summed E-state index contributed by atoms with van der Waals surface area (Å²) in [5.41, 5.74) is 0. The average Bonchev–Trinajstić information content (AvgIpc) is 3.31. The molecule has 0 saturated heterocycles. The van der Waals surface area contributed by atoms with Gasteiger partial charge < -0.3 is 14.2 Å². The second kappa shape index (κ2) is 53.7. The van der Waals surface area contributed by atoms with Gasteiger partial charge in [0, 0.05) is 19.3 Å². The number of hydrogen-bond donors (Lipinski definition) is 0. The van der Waals surface area contributed by atoms with Crippen LogP contribution in [0.3, 0.4) is 0 Å². The molecule has 66 heavy (non-hydrogen) atoms. The lowest BCUT2D eigenvalue weighted by Crippen LogP contribution is -2.30. The van der Waals surface area contributed by atoms with Crippen LogP contribution in [-0.2, 0) is 28.6 Å². The molecule has 0 heterocycles. The maximum absolute atomic E-state index is 12.8. The lowest BCUT2D eigenvalue weighted by atomic mass is 10.1. The van der Waals surface area contributed by atoms with E-state index in [-0.39, 0.29) is 37.5 Å². The third-order valence-electron chi connectivity index (χ3n) is 11.0. The van der Waals surface area contributed by atoms with Gasteiger partial charge in [0.15, 0.2) is 6.10 Å². The molecular weight excluding hydrogens is 817 g/mol. The Balaban J connectivity index is 4.51. The van der Waals surface area contributed by atoms with Crippen LogP contribution < -0.4 is 0 Å². The number of allylic oxidation sites excluding steroid dienone is 18. The largest absolute Gasteiger partial charge is 0.462 e. The SMILES string of the molecule is CC/C=C\C/C=C\C/C=C\C/C=C\CCC(=O)OCC(COC(=O)CCCCCCCC/C=C\C/C=C\C/C=C\CCCCC)OC(=O)CCCCCCC/C=C\C/C=C\CCCCCC. The highest BCUT2D eigenvalue weighted by molar-refractivity contribution is 5.71. The Kier molecular flexibility index (Phi) is 50.5. The van der Waals surface area contributed by atoms with Gasteiger partial charge >= 0.3 is 17.9 Å². The number of carbonyl (C=O) groups is 3. The molecule has 0 bridgehead atoms. The van der Waals surface area contributed by atoms with Crippen LogP contribution in [0.4, 0.5) is 0 Å². The number of carbonyl (C=O) groups excluding carboxylic acids is 3. The summed E-state index contributed by atoms with van der Waals surface area (Å²) in [5.74, 6) is -1.03. The van der Waals surface area contributed by atoms with Crippen LogP contribution in [0.25, 0.3) is 0 Å². The predicted molar refractivity (Wildman–Crippen MR) is 283 cm³/mol. The summed E-state index contributed by atoms with van der Waals surface area (Å²) in [5, 5.41) is 0. The van der Waals surface area contributed by atoms with Crippen LogP contribution >= 0.6 is 0 Å². The molecule has 0 aromatic carbocycles. The Labute approximate surface area is 406 Å². The zero-order chi connectivity index (χ0) is 47.9. The smallest absolute Gasteiger partial charge is 0.306 e. The quantitative estimate of drug-likeness (QED) is 0.0262. The number of unbranched alkanes of at least 4 members (excludes halogenated alkanes) is 18. The first kappa shape index (κ1) is 62.1. The molecule has 0 aliphatic rings. The van der Waals surface area contributed by atoms with Crippen molar-refractivity contribution in [1.29, 1.82) is 0 Å². The van der Waals surface area contributed by atoms with Crippen molar-refractivity contribution < 1.29 is 28.6 Å². The summed E-state index contributed by atoms with van der Waals surface area (Å²) in [6, 6.07) is 0. The standard InChI is InChI=1S/C60H98O6/c1-4-7-10-13-16-19-22-25-27-29-30-31-33-35-38-41-44-47-50-53-59(62)65-56-57(55-64-58(61)52-49-46-43-40-37-34-24-21-18-15-12-9-6-3)66-60(63)54-51-48-45-42-39-36-32-28-26-23-20-17-14-11-8-5-2/h9,12,16,18-21,23,25,27-28,30-32,34,37,43,46,57H,4-8,10-11,13-15,17,22,24,26,29,33,35-36,38-42,44-45,47-56H2,1-3H3/b12-9-,19-16-,21-18-,23-20-,27-25-,31-30-,32-28-,37-34-,46-43-. The van der Waals surface area contributed by atoms with Gasteiger partial charge in [-0.2, -0.15) is 0 Å². The van der Waals surface area contributed by atoms with E-state index in [1.807, 2.05) is 12.2 Å². The maximum Gasteiger partial charge on any atom is 0.306 e. The fraction of sp³-hybridized carbons (Fsp3) is 0.650. The molecule has 0 radical (unpaired) electrons. The third-order valence-corrected chi connectivity index (χ3v) is 11.0. The number of hydrogen-bond acceptors (Lipinski definition) is 6. The average molecular weight is 915 g/mol. The molecule has 374 valence electrons. The summed E-state index contributed by atoms with van der Waals surface area (Å²) in [6.45, 7) is 6.38. The second-order valence-corrected chi connectivity index (χ2v) is 17.4. The Morgan fingerprint density at radius 1 is 0.318 bits per heavy atom. The minimum absolute atomic E-state index is 0.115. The zero-order valence-corrected chi connectivity index (χ0v) is 42.7. The normalized spacial score (nSPS) is 13.0. The highest BCUT2D eigenvalue weighted by atomic mass is 16.6. The van der Waals surface area contributed by atoms with Crippen LogP contribution in [0.15, 0.2) is 109 Å². The summed E-state index contributed by atoms with van der Waals surface area (Å²) >= 11 is 0. The fourth-order valence-electron chi connectivity index (χ4n) is 6.96. The van der Waals surface area contributed by atoms with Crippen molar-refractivity contribution in [3.05, 3.63) is 109 Å². The van der Waals surface area contributed by atoms with Gasteiger partial charge in [0.2, 0.25) is 0 Å². The summed E-state index contributed by atoms with van der Waals surface area (Å²) in [7, 11) is 0. The highest BCUT2D eigenvalue weighted by Crippen LogP contribution is 2.13. The molecule has 0 fully saturated rings. The maximum atomic E-state index is 12.8. The predicted octanol–water partition coefficient (Wildman–Crippen LogP) is 17.9. The first-order valence-corrected chi connectivity index (χ1v) is 26.9. The Bertz CT molecular complexity index is 1370. The van der Waals surface area contributed by atoms with E-state index in [1.54, 1.807) is 0 Å². The lowest BCUT2D eigenvalue weighted by Gasteiger charge is -2.18. The molecule has 0 amide bonds. The molecule has 0 N–H and O–H groups in total. The summed E-state index contributed by atoms with van der Waals surface area (Å²) in [4.78, 5) is 38.0. The van der Waals surface area contributed by atoms with E-state index in [0.29, 0.717) is 19.3 Å². The van der Waals surface area contributed by atoms with Gasteiger partial charge in [0.1, 0.15) is 13.2 Å². The van der Waals surface area contributed by atoms with Crippen LogP contribution in [0.5, 0.6) is 0 Å². The molecule has 0 rings (SSSR count). The van der Waals surface area contributed by atoms with Crippen molar-refractivity contribution in [3.8, 4) is 0 Å². The van der Waals surface area contributed by atoms with Gasteiger partial charge in [0.25, 0.3) is 0 Å². The topological polar surface area (TPSA) is 78.9 Å². The minimum atomic E-state index is -0.821. The van der Waals surface area contributed by atoms with Crippen molar-refractivity contribution >= 4 is 17.9 Å². The van der Waals surface area contributed by atoms with Crippen molar-refractivity contribution in [2.45, 2.75) is 239 Å².